The summed E-state index contributed by atoms with van der Waals surface area (Å²) in [5.74, 6) is 0. The lowest BCUT2D eigenvalue weighted by atomic mass is 10.4. The third-order valence-electron chi connectivity index (χ3n) is 1.01. The van der Waals surface area contributed by atoms with E-state index in [-0.39, 0.29) is 6.61 Å². The molecule has 0 aromatic heterocycles. The second-order valence-corrected chi connectivity index (χ2v) is 1.99. The molecule has 0 spiro atoms. The van der Waals surface area contributed by atoms with Crippen molar-refractivity contribution in [1.82, 2.24) is 0 Å². The lowest BCUT2D eigenvalue weighted by Gasteiger charge is -2.02. The van der Waals surface area contributed by atoms with E-state index in [9.17, 15) is 9.18 Å². The van der Waals surface area contributed by atoms with Crippen molar-refractivity contribution in [2.75, 3.05) is 19.9 Å². The molecular formula is C7H13FO3. The minimum Gasteiger partial charge on any atom is -0.434 e. The highest BCUT2D eigenvalue weighted by molar-refractivity contribution is 5.59. The van der Waals surface area contributed by atoms with Gasteiger partial charge in [-0.25, -0.2) is 9.18 Å². The van der Waals surface area contributed by atoms with Crippen LogP contribution >= 0.6 is 0 Å². The Hall–Kier alpha value is -0.800. The zero-order valence-electron chi connectivity index (χ0n) is 6.64. The van der Waals surface area contributed by atoms with Crippen molar-refractivity contribution in [2.24, 2.45) is 0 Å². The zero-order chi connectivity index (χ0) is 8.53. The first-order valence-corrected chi connectivity index (χ1v) is 3.66. The van der Waals surface area contributed by atoms with Crippen LogP contribution in [0.25, 0.3) is 0 Å². The molecule has 0 N–H and O–H groups in total. The molecule has 0 aromatic carbocycles. The predicted octanol–water partition coefficient (Wildman–Crippen LogP) is 1.91. The van der Waals surface area contributed by atoms with Crippen molar-refractivity contribution in [3.63, 3.8) is 0 Å². The van der Waals surface area contributed by atoms with E-state index in [0.29, 0.717) is 6.61 Å². The van der Waals surface area contributed by atoms with Gasteiger partial charge < -0.3 is 9.47 Å². The highest BCUT2D eigenvalue weighted by Crippen LogP contribution is 1.91. The molecule has 0 aliphatic heterocycles. The Morgan fingerprint density at radius 3 is 2.55 bits per heavy atom. The van der Waals surface area contributed by atoms with Crippen molar-refractivity contribution in [3.05, 3.63) is 0 Å². The van der Waals surface area contributed by atoms with Gasteiger partial charge in [-0.1, -0.05) is 13.3 Å². The average Bonchev–Trinajstić information content (AvgIpc) is 2.01. The van der Waals surface area contributed by atoms with Crippen LogP contribution in [0.2, 0.25) is 0 Å². The van der Waals surface area contributed by atoms with Gasteiger partial charge in [-0.2, -0.15) is 0 Å². The van der Waals surface area contributed by atoms with Gasteiger partial charge in [-0.3, -0.25) is 0 Å². The Morgan fingerprint density at radius 1 is 1.36 bits per heavy atom. The van der Waals surface area contributed by atoms with Crippen molar-refractivity contribution in [2.45, 2.75) is 19.8 Å². The molecule has 0 aliphatic carbocycles. The molecule has 3 nitrogen and oxygen atoms in total. The molecule has 0 aromatic rings. The highest BCUT2D eigenvalue weighted by atomic mass is 19.1. The number of ether oxygens (including phenoxy) is 2. The van der Waals surface area contributed by atoms with Gasteiger partial charge in [0.25, 0.3) is 0 Å². The molecule has 0 amide bonds. The Balaban J connectivity index is 3.09. The fourth-order valence-corrected chi connectivity index (χ4v) is 0.463. The summed E-state index contributed by atoms with van der Waals surface area (Å²) in [5.41, 5.74) is 0. The van der Waals surface area contributed by atoms with E-state index in [1.807, 2.05) is 6.92 Å². The number of hydrogen-bond donors (Lipinski definition) is 0. The number of halogens is 1. The van der Waals surface area contributed by atoms with Crippen molar-refractivity contribution >= 4 is 6.16 Å². The van der Waals surface area contributed by atoms with Gasteiger partial charge in [-0.05, 0) is 6.42 Å². The van der Waals surface area contributed by atoms with Gasteiger partial charge in [0.15, 0.2) is 0 Å². The van der Waals surface area contributed by atoms with Gasteiger partial charge in [0.05, 0.1) is 6.61 Å². The van der Waals surface area contributed by atoms with Crippen LogP contribution in [0.1, 0.15) is 19.8 Å². The summed E-state index contributed by atoms with van der Waals surface area (Å²) >= 11 is 0. The van der Waals surface area contributed by atoms with E-state index >= 15 is 0 Å². The summed E-state index contributed by atoms with van der Waals surface area (Å²) in [5, 5.41) is 0. The smallest absolute Gasteiger partial charge is 0.434 e. The monoisotopic (exact) mass is 164 g/mol. The lowest BCUT2D eigenvalue weighted by molar-refractivity contribution is 0.0505. The Labute approximate surface area is 65.5 Å². The average molecular weight is 164 g/mol. The maximum Gasteiger partial charge on any atom is 0.508 e. The van der Waals surface area contributed by atoms with Crippen LogP contribution in [0.5, 0.6) is 0 Å². The third-order valence-corrected chi connectivity index (χ3v) is 1.01. The molecule has 0 saturated carbocycles. The summed E-state index contributed by atoms with van der Waals surface area (Å²) < 4.78 is 20.3. The largest absolute Gasteiger partial charge is 0.508 e. The van der Waals surface area contributed by atoms with Crippen molar-refractivity contribution < 1.29 is 18.7 Å². The molecular weight excluding hydrogens is 151 g/mol. The molecule has 11 heavy (non-hydrogen) atoms. The van der Waals surface area contributed by atoms with E-state index in [2.05, 4.69) is 9.47 Å². The molecule has 0 aliphatic rings. The van der Waals surface area contributed by atoms with Crippen LogP contribution in [0.15, 0.2) is 0 Å². The highest BCUT2D eigenvalue weighted by Gasteiger charge is 2.00. The Morgan fingerprint density at radius 2 is 2.00 bits per heavy atom. The summed E-state index contributed by atoms with van der Waals surface area (Å²) in [6.07, 6.45) is 0.984. The number of unbranched alkanes of at least 4 members (excludes halogenated alkanes) is 1. The first kappa shape index (κ1) is 10.2. The number of hydrogen-bond acceptors (Lipinski definition) is 3. The molecule has 0 atom stereocenters. The van der Waals surface area contributed by atoms with Crippen molar-refractivity contribution in [3.8, 4) is 0 Å². The van der Waals surface area contributed by atoms with Gasteiger partial charge in [0.1, 0.15) is 13.3 Å². The fraction of sp³-hybridized carbons (Fsp3) is 0.857. The van der Waals surface area contributed by atoms with Crippen LogP contribution in [0, 0.1) is 0 Å². The number of carbonyl (C=O) groups excluding carboxylic acids is 1. The van der Waals surface area contributed by atoms with E-state index in [1.54, 1.807) is 0 Å². The summed E-state index contributed by atoms with van der Waals surface area (Å²) in [4.78, 5) is 10.5. The van der Waals surface area contributed by atoms with Crippen LogP contribution in [-0.4, -0.2) is 26.0 Å². The van der Waals surface area contributed by atoms with E-state index in [0.717, 1.165) is 12.8 Å². The van der Waals surface area contributed by atoms with Gasteiger partial charge in [0, 0.05) is 0 Å². The molecule has 0 fully saturated rings. The number of carbonyl (C=O) groups is 1. The van der Waals surface area contributed by atoms with Gasteiger partial charge in [0.2, 0.25) is 0 Å². The van der Waals surface area contributed by atoms with Crippen LogP contribution in [0.4, 0.5) is 9.18 Å². The normalized spacial score (nSPS) is 9.27. The topological polar surface area (TPSA) is 35.5 Å². The number of rotatable bonds is 5. The Bertz CT molecular complexity index is 106. The van der Waals surface area contributed by atoms with Gasteiger partial charge >= 0.3 is 6.16 Å². The second kappa shape index (κ2) is 7.31. The SMILES string of the molecule is CCCCOC(=O)OCCF. The van der Waals surface area contributed by atoms with Crippen LogP contribution in [-0.2, 0) is 9.47 Å². The van der Waals surface area contributed by atoms with Crippen molar-refractivity contribution in [1.29, 1.82) is 0 Å². The van der Waals surface area contributed by atoms with Crippen LogP contribution in [0.3, 0.4) is 0 Å². The van der Waals surface area contributed by atoms with Gasteiger partial charge in [-0.15, -0.1) is 0 Å². The minimum absolute atomic E-state index is 0.217. The maximum atomic E-state index is 11.4. The van der Waals surface area contributed by atoms with Crippen LogP contribution < -0.4 is 0 Å². The molecule has 0 radical (unpaired) electrons. The summed E-state index contributed by atoms with van der Waals surface area (Å²) in [7, 11) is 0. The summed E-state index contributed by atoms with van der Waals surface area (Å²) in [6.45, 7) is 1.45. The molecule has 0 rings (SSSR count). The lowest BCUT2D eigenvalue weighted by Crippen LogP contribution is -2.09. The molecule has 66 valence electrons. The number of alkyl halides is 1. The summed E-state index contributed by atoms with van der Waals surface area (Å²) in [6, 6.07) is 0. The minimum atomic E-state index is -0.781. The molecule has 0 heterocycles. The third kappa shape index (κ3) is 7.09. The molecule has 0 bridgehead atoms. The molecule has 0 unspecified atom stereocenters. The Kier molecular flexibility index (Phi) is 6.78. The first-order valence-electron chi connectivity index (χ1n) is 3.66. The van der Waals surface area contributed by atoms with E-state index in [1.165, 1.54) is 0 Å². The molecule has 0 saturated heterocycles. The zero-order valence-corrected chi connectivity index (χ0v) is 6.64. The second-order valence-electron chi connectivity index (χ2n) is 1.99. The van der Waals surface area contributed by atoms with E-state index in [4.69, 9.17) is 0 Å². The fourth-order valence-electron chi connectivity index (χ4n) is 0.463. The maximum absolute atomic E-state index is 11.4. The standard InChI is InChI=1S/C7H13FO3/c1-2-3-5-10-7(9)11-6-4-8/h2-6H2,1H3. The predicted molar refractivity (Wildman–Crippen MR) is 38.2 cm³/mol. The quantitative estimate of drug-likeness (QED) is 0.460. The van der Waals surface area contributed by atoms with E-state index < -0.39 is 12.8 Å². The molecule has 4 heteroatoms. The first-order chi connectivity index (χ1) is 5.31.